The highest BCUT2D eigenvalue weighted by Gasteiger charge is 2.24. The third kappa shape index (κ3) is 2.10. The maximum Gasteiger partial charge on any atom is 0.134 e. The fourth-order valence-corrected chi connectivity index (χ4v) is 2.17. The SMILES string of the molecule is CCc1c(N)ncnc1NC(C)C1CCC1. The molecule has 1 saturated carbocycles. The maximum absolute atomic E-state index is 5.84. The van der Waals surface area contributed by atoms with Gasteiger partial charge in [-0.2, -0.15) is 0 Å². The van der Waals surface area contributed by atoms with Gasteiger partial charge in [0.2, 0.25) is 0 Å². The molecule has 1 fully saturated rings. The summed E-state index contributed by atoms with van der Waals surface area (Å²) in [4.78, 5) is 8.31. The number of nitrogen functional groups attached to an aromatic ring is 1. The van der Waals surface area contributed by atoms with E-state index >= 15 is 0 Å². The second-order valence-corrected chi connectivity index (χ2v) is 4.56. The molecule has 2 rings (SSSR count). The first-order valence-corrected chi connectivity index (χ1v) is 6.08. The number of hydrogen-bond donors (Lipinski definition) is 2. The molecule has 1 aliphatic rings. The molecule has 88 valence electrons. The van der Waals surface area contributed by atoms with Crippen LogP contribution in [-0.2, 0) is 6.42 Å². The van der Waals surface area contributed by atoms with Crippen LogP contribution in [0, 0.1) is 5.92 Å². The van der Waals surface area contributed by atoms with Gasteiger partial charge in [-0.15, -0.1) is 0 Å². The number of anilines is 2. The van der Waals surface area contributed by atoms with E-state index in [0.29, 0.717) is 11.9 Å². The molecule has 1 aliphatic carbocycles. The molecular formula is C12H20N4. The molecule has 1 aromatic heterocycles. The van der Waals surface area contributed by atoms with E-state index in [1.165, 1.54) is 25.6 Å². The molecule has 1 aromatic rings. The van der Waals surface area contributed by atoms with Crippen LogP contribution in [0.15, 0.2) is 6.33 Å². The van der Waals surface area contributed by atoms with Gasteiger partial charge in [-0.1, -0.05) is 13.3 Å². The maximum atomic E-state index is 5.84. The Morgan fingerprint density at radius 3 is 2.81 bits per heavy atom. The van der Waals surface area contributed by atoms with Crippen molar-refractivity contribution in [3.8, 4) is 0 Å². The summed E-state index contributed by atoms with van der Waals surface area (Å²) in [6, 6.07) is 0.480. The van der Waals surface area contributed by atoms with E-state index in [4.69, 9.17) is 5.73 Å². The minimum atomic E-state index is 0.480. The highest BCUT2D eigenvalue weighted by Crippen LogP contribution is 2.31. The van der Waals surface area contributed by atoms with E-state index in [-0.39, 0.29) is 0 Å². The zero-order valence-corrected chi connectivity index (χ0v) is 10.0. The average Bonchev–Trinajstić information content (AvgIpc) is 2.15. The molecule has 1 unspecified atom stereocenters. The van der Waals surface area contributed by atoms with Crippen LogP contribution in [-0.4, -0.2) is 16.0 Å². The molecule has 16 heavy (non-hydrogen) atoms. The standard InChI is InChI=1S/C12H20N4/c1-3-10-11(13)14-7-15-12(10)16-8(2)9-5-4-6-9/h7-9H,3-6H2,1-2H3,(H3,13,14,15,16). The van der Waals surface area contributed by atoms with E-state index in [9.17, 15) is 0 Å². The molecule has 3 N–H and O–H groups in total. The molecule has 1 heterocycles. The fourth-order valence-electron chi connectivity index (χ4n) is 2.17. The Balaban J connectivity index is 2.10. The Bertz CT molecular complexity index is 360. The van der Waals surface area contributed by atoms with Gasteiger partial charge in [-0.3, -0.25) is 0 Å². The average molecular weight is 220 g/mol. The largest absolute Gasteiger partial charge is 0.383 e. The highest BCUT2D eigenvalue weighted by atomic mass is 15.1. The first kappa shape index (κ1) is 11.2. The lowest BCUT2D eigenvalue weighted by Gasteiger charge is -2.32. The zero-order valence-electron chi connectivity index (χ0n) is 10.0. The summed E-state index contributed by atoms with van der Waals surface area (Å²) in [7, 11) is 0. The predicted octanol–water partition coefficient (Wildman–Crippen LogP) is 2.22. The molecule has 0 radical (unpaired) electrons. The van der Waals surface area contributed by atoms with Gasteiger partial charge in [0.15, 0.2) is 0 Å². The molecule has 0 saturated heterocycles. The fraction of sp³-hybridized carbons (Fsp3) is 0.667. The van der Waals surface area contributed by atoms with Crippen LogP contribution in [0.25, 0.3) is 0 Å². The first-order valence-electron chi connectivity index (χ1n) is 6.08. The number of hydrogen-bond acceptors (Lipinski definition) is 4. The first-order chi connectivity index (χ1) is 7.72. The summed E-state index contributed by atoms with van der Waals surface area (Å²) in [5, 5.41) is 3.47. The summed E-state index contributed by atoms with van der Waals surface area (Å²) >= 11 is 0. The van der Waals surface area contributed by atoms with Crippen molar-refractivity contribution in [3.63, 3.8) is 0 Å². The van der Waals surface area contributed by atoms with Crippen molar-refractivity contribution in [2.45, 2.75) is 45.6 Å². The monoisotopic (exact) mass is 220 g/mol. The van der Waals surface area contributed by atoms with Crippen molar-refractivity contribution in [2.75, 3.05) is 11.1 Å². The predicted molar refractivity (Wildman–Crippen MR) is 66.2 cm³/mol. The lowest BCUT2D eigenvalue weighted by molar-refractivity contribution is 0.285. The van der Waals surface area contributed by atoms with Crippen molar-refractivity contribution in [1.29, 1.82) is 0 Å². The van der Waals surface area contributed by atoms with E-state index in [2.05, 4.69) is 29.1 Å². The molecule has 4 heteroatoms. The summed E-state index contributed by atoms with van der Waals surface area (Å²) in [5.41, 5.74) is 6.87. The number of nitrogens with zero attached hydrogens (tertiary/aromatic N) is 2. The Labute approximate surface area is 96.7 Å². The minimum absolute atomic E-state index is 0.480. The van der Waals surface area contributed by atoms with E-state index in [1.807, 2.05) is 0 Å². The number of nitrogens with one attached hydrogen (secondary N) is 1. The molecule has 0 aliphatic heterocycles. The van der Waals surface area contributed by atoms with Gasteiger partial charge >= 0.3 is 0 Å². The zero-order chi connectivity index (χ0) is 11.5. The third-order valence-corrected chi connectivity index (χ3v) is 3.55. The second kappa shape index (κ2) is 4.68. The molecule has 1 atom stereocenters. The lowest BCUT2D eigenvalue weighted by Crippen LogP contribution is -2.31. The van der Waals surface area contributed by atoms with Gasteiger partial charge in [-0.05, 0) is 32.1 Å². The molecule has 0 aromatic carbocycles. The van der Waals surface area contributed by atoms with Crippen LogP contribution >= 0.6 is 0 Å². The lowest BCUT2D eigenvalue weighted by atomic mass is 9.80. The van der Waals surface area contributed by atoms with Crippen molar-refractivity contribution < 1.29 is 0 Å². The van der Waals surface area contributed by atoms with Crippen LogP contribution < -0.4 is 11.1 Å². The Kier molecular flexibility index (Phi) is 3.27. The summed E-state index contributed by atoms with van der Waals surface area (Å²) in [6.07, 6.45) is 6.42. The van der Waals surface area contributed by atoms with Gasteiger partial charge in [0.25, 0.3) is 0 Å². The van der Waals surface area contributed by atoms with Crippen LogP contribution in [0.3, 0.4) is 0 Å². The van der Waals surface area contributed by atoms with E-state index < -0.39 is 0 Å². The van der Waals surface area contributed by atoms with Crippen molar-refractivity contribution >= 4 is 11.6 Å². The van der Waals surface area contributed by atoms with Gasteiger partial charge in [0, 0.05) is 11.6 Å². The third-order valence-electron chi connectivity index (χ3n) is 3.55. The highest BCUT2D eigenvalue weighted by molar-refractivity contribution is 5.55. The number of aromatic nitrogens is 2. The van der Waals surface area contributed by atoms with Crippen LogP contribution in [0.2, 0.25) is 0 Å². The number of rotatable bonds is 4. The van der Waals surface area contributed by atoms with Gasteiger partial charge in [0.1, 0.15) is 18.0 Å². The normalized spacial score (nSPS) is 17.9. The molecule has 0 bridgehead atoms. The minimum Gasteiger partial charge on any atom is -0.383 e. The smallest absolute Gasteiger partial charge is 0.134 e. The second-order valence-electron chi connectivity index (χ2n) is 4.56. The molecule has 0 spiro atoms. The molecular weight excluding hydrogens is 200 g/mol. The van der Waals surface area contributed by atoms with E-state index in [1.54, 1.807) is 0 Å². The molecule has 4 nitrogen and oxygen atoms in total. The van der Waals surface area contributed by atoms with E-state index in [0.717, 1.165) is 23.7 Å². The Morgan fingerprint density at radius 2 is 2.25 bits per heavy atom. The van der Waals surface area contributed by atoms with Gasteiger partial charge in [-0.25, -0.2) is 9.97 Å². The van der Waals surface area contributed by atoms with Crippen LogP contribution in [0.4, 0.5) is 11.6 Å². The summed E-state index contributed by atoms with van der Waals surface area (Å²) in [5.74, 6) is 2.30. The van der Waals surface area contributed by atoms with Crippen molar-refractivity contribution in [2.24, 2.45) is 5.92 Å². The van der Waals surface area contributed by atoms with Gasteiger partial charge in [0.05, 0.1) is 0 Å². The quantitative estimate of drug-likeness (QED) is 0.816. The van der Waals surface area contributed by atoms with Crippen LogP contribution in [0.1, 0.15) is 38.7 Å². The summed E-state index contributed by atoms with van der Waals surface area (Å²) < 4.78 is 0. The Morgan fingerprint density at radius 1 is 1.50 bits per heavy atom. The topological polar surface area (TPSA) is 63.8 Å². The number of nitrogens with two attached hydrogens (primary N) is 1. The van der Waals surface area contributed by atoms with Crippen molar-refractivity contribution in [3.05, 3.63) is 11.9 Å². The Hall–Kier alpha value is -1.32. The summed E-state index contributed by atoms with van der Waals surface area (Å²) in [6.45, 7) is 4.30. The van der Waals surface area contributed by atoms with Gasteiger partial charge < -0.3 is 11.1 Å². The molecule has 0 amide bonds. The van der Waals surface area contributed by atoms with Crippen molar-refractivity contribution in [1.82, 2.24) is 9.97 Å². The van der Waals surface area contributed by atoms with Crippen LogP contribution in [0.5, 0.6) is 0 Å².